The van der Waals surface area contributed by atoms with Crippen LogP contribution in [0.5, 0.6) is 0 Å². The number of carbonyl (C=O) groups is 3. The molecule has 0 atom stereocenters. The summed E-state index contributed by atoms with van der Waals surface area (Å²) < 4.78 is 0. The molecule has 26 heavy (non-hydrogen) atoms. The molecule has 0 radical (unpaired) electrons. The van der Waals surface area contributed by atoms with E-state index < -0.39 is 17.7 Å². The van der Waals surface area contributed by atoms with E-state index in [1.54, 1.807) is 30.3 Å². The van der Waals surface area contributed by atoms with Crippen molar-refractivity contribution in [1.29, 1.82) is 0 Å². The van der Waals surface area contributed by atoms with Gasteiger partial charge < -0.3 is 15.7 Å². The molecular weight excluding hydrogens is 358 g/mol. The van der Waals surface area contributed by atoms with Gasteiger partial charge in [0.1, 0.15) is 11.5 Å². The summed E-state index contributed by atoms with van der Waals surface area (Å²) in [4.78, 5) is 39.3. The van der Waals surface area contributed by atoms with Gasteiger partial charge in [0, 0.05) is 21.5 Å². The van der Waals surface area contributed by atoms with E-state index in [2.05, 4.69) is 15.6 Å². The Kier molecular flexibility index (Phi) is 3.59. The van der Waals surface area contributed by atoms with Crippen LogP contribution in [0.4, 0.5) is 17.2 Å². The minimum absolute atomic E-state index is 0.00189. The third-order valence-electron chi connectivity index (χ3n) is 4.02. The number of hydrogen-bond acceptors (Lipinski definition) is 5. The van der Waals surface area contributed by atoms with Crippen molar-refractivity contribution < 1.29 is 19.5 Å². The van der Waals surface area contributed by atoms with Crippen LogP contribution >= 0.6 is 11.6 Å². The van der Waals surface area contributed by atoms with Gasteiger partial charge in [-0.15, -0.1) is 0 Å². The molecule has 7 nitrogen and oxygen atoms in total. The number of anilines is 3. The van der Waals surface area contributed by atoms with Gasteiger partial charge >= 0.3 is 5.97 Å². The molecule has 0 aliphatic carbocycles. The number of carbonyl (C=O) groups excluding carboxylic acids is 2. The second-order valence-electron chi connectivity index (χ2n) is 5.66. The van der Waals surface area contributed by atoms with Crippen LogP contribution in [-0.4, -0.2) is 27.8 Å². The van der Waals surface area contributed by atoms with Crippen molar-refractivity contribution in [3.63, 3.8) is 0 Å². The number of nitrogens with zero attached hydrogens (tertiary/aromatic N) is 1. The van der Waals surface area contributed by atoms with Crippen LogP contribution in [0.1, 0.15) is 20.8 Å². The zero-order chi connectivity index (χ0) is 18.4. The fraction of sp³-hybridized carbons (Fsp3) is 0. The number of aromatic nitrogens is 1. The van der Waals surface area contributed by atoms with E-state index >= 15 is 0 Å². The maximum absolute atomic E-state index is 12.1. The van der Waals surface area contributed by atoms with Crippen LogP contribution in [0.25, 0.3) is 10.8 Å². The molecule has 1 aromatic heterocycles. The molecule has 0 saturated heterocycles. The highest BCUT2D eigenvalue weighted by molar-refractivity contribution is 6.52. The predicted molar refractivity (Wildman–Crippen MR) is 96.4 cm³/mol. The lowest BCUT2D eigenvalue weighted by Gasteiger charge is -2.12. The number of Topliss-reactive ketones (excluding diaryl/α,β-unsaturated/α-hetero) is 1. The van der Waals surface area contributed by atoms with Crippen molar-refractivity contribution in [1.82, 2.24) is 4.98 Å². The van der Waals surface area contributed by atoms with Crippen LogP contribution in [-0.2, 0) is 4.79 Å². The van der Waals surface area contributed by atoms with Gasteiger partial charge in [0.25, 0.3) is 11.7 Å². The number of benzene rings is 2. The lowest BCUT2D eigenvalue weighted by atomic mass is 10.0. The number of aromatic carboxylic acids is 1. The highest BCUT2D eigenvalue weighted by atomic mass is 35.5. The molecule has 0 unspecified atom stereocenters. The van der Waals surface area contributed by atoms with Crippen LogP contribution in [0.15, 0.2) is 42.5 Å². The number of pyridine rings is 1. The van der Waals surface area contributed by atoms with Crippen molar-refractivity contribution >= 4 is 57.2 Å². The summed E-state index contributed by atoms with van der Waals surface area (Å²) in [7, 11) is 0. The number of hydrogen-bond donors (Lipinski definition) is 3. The molecule has 8 heteroatoms. The average molecular weight is 368 g/mol. The summed E-state index contributed by atoms with van der Waals surface area (Å²) in [6.45, 7) is 0. The topological polar surface area (TPSA) is 108 Å². The molecule has 3 aromatic rings. The number of halogens is 1. The number of carboxylic acids is 1. The van der Waals surface area contributed by atoms with Gasteiger partial charge in [-0.05, 0) is 36.4 Å². The SMILES string of the molecule is O=C1Nc2c(nc(Nc3ccc(Cl)cc3)c3cc(C(=O)O)ccc23)C1=O. The number of ketones is 1. The number of carboxylic acid groups (broad SMARTS) is 1. The van der Waals surface area contributed by atoms with E-state index in [0.717, 1.165) is 0 Å². The van der Waals surface area contributed by atoms with Gasteiger partial charge in [-0.25, -0.2) is 9.78 Å². The molecule has 1 aliphatic rings. The van der Waals surface area contributed by atoms with E-state index in [1.165, 1.54) is 12.1 Å². The highest BCUT2D eigenvalue weighted by Gasteiger charge is 2.32. The Labute approximate surface area is 151 Å². The molecule has 1 aliphatic heterocycles. The Morgan fingerprint density at radius 3 is 2.50 bits per heavy atom. The Morgan fingerprint density at radius 2 is 1.81 bits per heavy atom. The summed E-state index contributed by atoms with van der Waals surface area (Å²) in [5.74, 6) is -2.32. The number of amides is 1. The Balaban J connectivity index is 1.95. The minimum atomic E-state index is -1.09. The van der Waals surface area contributed by atoms with Gasteiger partial charge in [-0.3, -0.25) is 9.59 Å². The van der Waals surface area contributed by atoms with Crippen LogP contribution < -0.4 is 10.6 Å². The largest absolute Gasteiger partial charge is 0.478 e. The monoisotopic (exact) mass is 367 g/mol. The molecule has 4 rings (SSSR count). The standard InChI is InChI=1S/C18H10ClN3O4/c19-9-2-4-10(5-3-9)20-16-12-7-8(18(25)26)1-6-11(12)13-14(21-16)15(23)17(24)22-13/h1-7H,(H,20,21)(H,25,26)(H,22,23,24). The number of rotatable bonds is 3. The average Bonchev–Trinajstić information content (AvgIpc) is 2.91. The molecule has 2 heterocycles. The minimum Gasteiger partial charge on any atom is -0.478 e. The van der Waals surface area contributed by atoms with Gasteiger partial charge in [-0.1, -0.05) is 17.7 Å². The molecule has 0 bridgehead atoms. The summed E-state index contributed by atoms with van der Waals surface area (Å²) in [6, 6.07) is 11.2. The Morgan fingerprint density at radius 1 is 1.08 bits per heavy atom. The van der Waals surface area contributed by atoms with Crippen LogP contribution in [0, 0.1) is 0 Å². The van der Waals surface area contributed by atoms with Crippen LogP contribution in [0.3, 0.4) is 0 Å². The Bertz CT molecular complexity index is 1110. The second kappa shape index (κ2) is 5.82. The lowest BCUT2D eigenvalue weighted by molar-refractivity contribution is -0.112. The molecule has 0 spiro atoms. The van der Waals surface area contributed by atoms with E-state index in [0.29, 0.717) is 21.5 Å². The zero-order valence-electron chi connectivity index (χ0n) is 13.0. The zero-order valence-corrected chi connectivity index (χ0v) is 13.8. The lowest BCUT2D eigenvalue weighted by Crippen LogP contribution is -2.13. The first-order chi connectivity index (χ1) is 12.4. The third-order valence-corrected chi connectivity index (χ3v) is 4.27. The molecule has 1 amide bonds. The third kappa shape index (κ3) is 2.55. The van der Waals surface area contributed by atoms with E-state index in [9.17, 15) is 19.5 Å². The first-order valence-electron chi connectivity index (χ1n) is 7.53. The van der Waals surface area contributed by atoms with Gasteiger partial charge in [0.05, 0.1) is 11.3 Å². The first kappa shape index (κ1) is 16.0. The molecule has 0 saturated carbocycles. The summed E-state index contributed by atoms with van der Waals surface area (Å²) in [6.07, 6.45) is 0. The first-order valence-corrected chi connectivity index (χ1v) is 7.91. The smallest absolute Gasteiger partial charge is 0.335 e. The van der Waals surface area contributed by atoms with E-state index in [4.69, 9.17) is 11.6 Å². The number of nitrogens with one attached hydrogen (secondary N) is 2. The molecule has 3 N–H and O–H groups in total. The van der Waals surface area contributed by atoms with Gasteiger partial charge in [-0.2, -0.15) is 0 Å². The van der Waals surface area contributed by atoms with Crippen molar-refractivity contribution in [2.45, 2.75) is 0 Å². The van der Waals surface area contributed by atoms with Gasteiger partial charge in [0.15, 0.2) is 0 Å². The fourth-order valence-corrected chi connectivity index (χ4v) is 2.91. The quantitative estimate of drug-likeness (QED) is 0.612. The van der Waals surface area contributed by atoms with Crippen molar-refractivity contribution in [3.8, 4) is 0 Å². The van der Waals surface area contributed by atoms with Crippen molar-refractivity contribution in [2.75, 3.05) is 10.6 Å². The van der Waals surface area contributed by atoms with Crippen LogP contribution in [0.2, 0.25) is 5.02 Å². The normalized spacial score (nSPS) is 12.8. The van der Waals surface area contributed by atoms with Gasteiger partial charge in [0.2, 0.25) is 0 Å². The second-order valence-corrected chi connectivity index (χ2v) is 6.10. The molecule has 0 fully saturated rings. The molecule has 2 aromatic carbocycles. The van der Waals surface area contributed by atoms with Crippen molar-refractivity contribution in [2.24, 2.45) is 0 Å². The van der Waals surface area contributed by atoms with Crippen molar-refractivity contribution in [3.05, 3.63) is 58.7 Å². The molecule has 128 valence electrons. The van der Waals surface area contributed by atoms with E-state index in [-0.39, 0.29) is 22.8 Å². The van der Waals surface area contributed by atoms with E-state index in [1.807, 2.05) is 0 Å². The fourth-order valence-electron chi connectivity index (χ4n) is 2.78. The highest BCUT2D eigenvalue weighted by Crippen LogP contribution is 2.36. The maximum Gasteiger partial charge on any atom is 0.335 e. The summed E-state index contributed by atoms with van der Waals surface area (Å²) >= 11 is 5.88. The molecular formula is C18H10ClN3O4. The maximum atomic E-state index is 12.1. The summed E-state index contributed by atoms with van der Waals surface area (Å²) in [5.41, 5.74) is 0.998. The Hall–Kier alpha value is -3.45. The summed E-state index contributed by atoms with van der Waals surface area (Å²) in [5, 5.41) is 16.3. The number of fused-ring (bicyclic) bond motifs is 3. The predicted octanol–water partition coefficient (Wildman–Crippen LogP) is 3.46.